The number of rotatable bonds is 8. The van der Waals surface area contributed by atoms with E-state index in [4.69, 9.17) is 5.73 Å². The van der Waals surface area contributed by atoms with E-state index in [1.807, 2.05) is 0 Å². The van der Waals surface area contributed by atoms with Gasteiger partial charge in [-0.3, -0.25) is 14.5 Å². The first-order chi connectivity index (χ1) is 13.1. The maximum atomic E-state index is 12.3. The summed E-state index contributed by atoms with van der Waals surface area (Å²) in [5.41, 5.74) is 5.53. The molecule has 1 aromatic heterocycles. The van der Waals surface area contributed by atoms with Gasteiger partial charge in [-0.15, -0.1) is 13.2 Å². The third-order valence-corrected chi connectivity index (χ3v) is 4.34. The Morgan fingerprint density at radius 2 is 2.11 bits per heavy atom. The quantitative estimate of drug-likeness (QED) is 0.456. The van der Waals surface area contributed by atoms with E-state index in [0.717, 1.165) is 17.4 Å². The third kappa shape index (κ3) is 6.60. The highest BCUT2D eigenvalue weighted by Crippen LogP contribution is 2.31. The van der Waals surface area contributed by atoms with Crippen molar-refractivity contribution >= 4 is 38.5 Å². The van der Waals surface area contributed by atoms with Gasteiger partial charge in [0.15, 0.2) is 5.13 Å². The summed E-state index contributed by atoms with van der Waals surface area (Å²) in [7, 11) is 1.47. The van der Waals surface area contributed by atoms with Crippen molar-refractivity contribution in [2.45, 2.75) is 12.6 Å². The number of likely N-dealkylation sites (N-methyl/N-ethyl adjacent to an activating group) is 1. The first-order valence-electron chi connectivity index (χ1n) is 7.88. The van der Waals surface area contributed by atoms with Gasteiger partial charge in [0.25, 0.3) is 0 Å². The number of benzene rings is 1. The van der Waals surface area contributed by atoms with Crippen LogP contribution in [0.4, 0.5) is 18.3 Å². The number of carbonyl (C=O) groups is 2. The zero-order valence-corrected chi connectivity index (χ0v) is 15.4. The van der Waals surface area contributed by atoms with Crippen LogP contribution in [-0.2, 0) is 9.59 Å². The van der Waals surface area contributed by atoms with Gasteiger partial charge in [0.2, 0.25) is 11.8 Å². The number of hydrogen-bond donors (Lipinski definition) is 4. The monoisotopic (exact) mass is 421 g/mol. The molecule has 0 saturated carbocycles. The van der Waals surface area contributed by atoms with Crippen LogP contribution in [0, 0.1) is 0 Å². The van der Waals surface area contributed by atoms with Gasteiger partial charge in [-0.1, -0.05) is 11.3 Å². The van der Waals surface area contributed by atoms with E-state index in [1.54, 1.807) is 0 Å². The van der Waals surface area contributed by atoms with E-state index < -0.39 is 24.4 Å². The Hall–Kier alpha value is -2.48. The molecule has 0 aliphatic rings. The number of alkyl halides is 3. The van der Waals surface area contributed by atoms with E-state index in [2.05, 4.69) is 20.4 Å². The number of nitrogens with one attached hydrogen (secondary N) is 2. The highest BCUT2D eigenvalue weighted by Gasteiger charge is 2.31. The standard InChI is InChI=1S/C15H18F3N5O4S/c1-23(13(26)6-20-11(24)5-19)7-12(25)22-14-21-9-3-2-8(4-10(9)28-14)27-15(16,17)18/h2-4,13,26H,5-7,19H2,1H3,(H,20,24)(H,21,22,25). The van der Waals surface area contributed by atoms with Crippen LogP contribution in [0.15, 0.2) is 18.2 Å². The second kappa shape index (κ2) is 9.14. The first-order valence-corrected chi connectivity index (χ1v) is 8.70. The van der Waals surface area contributed by atoms with E-state index >= 15 is 0 Å². The molecule has 0 saturated heterocycles. The van der Waals surface area contributed by atoms with Gasteiger partial charge in [-0.05, 0) is 19.2 Å². The number of thiazole rings is 1. The molecule has 1 atom stereocenters. The number of carbonyl (C=O) groups excluding carboxylic acids is 2. The van der Waals surface area contributed by atoms with Crippen molar-refractivity contribution in [3.8, 4) is 5.75 Å². The van der Waals surface area contributed by atoms with Crippen molar-refractivity contribution in [3.63, 3.8) is 0 Å². The number of halogens is 3. The number of aromatic nitrogens is 1. The van der Waals surface area contributed by atoms with Crippen LogP contribution in [-0.4, -0.2) is 66.1 Å². The number of nitrogens with two attached hydrogens (primary N) is 1. The zero-order chi connectivity index (χ0) is 20.9. The average Bonchev–Trinajstić information content (AvgIpc) is 2.98. The second-order valence-electron chi connectivity index (χ2n) is 5.65. The minimum Gasteiger partial charge on any atom is -0.406 e. The number of anilines is 1. The fourth-order valence-electron chi connectivity index (χ4n) is 2.08. The molecule has 13 heteroatoms. The van der Waals surface area contributed by atoms with Crippen molar-refractivity contribution in [3.05, 3.63) is 18.2 Å². The van der Waals surface area contributed by atoms with Gasteiger partial charge in [0.05, 0.1) is 29.9 Å². The summed E-state index contributed by atoms with van der Waals surface area (Å²) < 4.78 is 41.1. The van der Waals surface area contributed by atoms with Crippen LogP contribution in [0.25, 0.3) is 10.2 Å². The summed E-state index contributed by atoms with van der Waals surface area (Å²) in [6.45, 7) is -0.537. The summed E-state index contributed by atoms with van der Waals surface area (Å²) in [5, 5.41) is 15.0. The fourth-order valence-corrected chi connectivity index (χ4v) is 2.99. The van der Waals surface area contributed by atoms with Crippen molar-refractivity contribution in [2.24, 2.45) is 5.73 Å². The molecule has 0 spiro atoms. The van der Waals surface area contributed by atoms with Gasteiger partial charge in [-0.2, -0.15) is 0 Å². The summed E-state index contributed by atoms with van der Waals surface area (Å²) in [4.78, 5) is 28.5. The Labute approximate surface area is 161 Å². The zero-order valence-electron chi connectivity index (χ0n) is 14.6. The molecule has 0 bridgehead atoms. The lowest BCUT2D eigenvalue weighted by atomic mass is 10.3. The number of aliphatic hydroxyl groups excluding tert-OH is 1. The Kier molecular flexibility index (Phi) is 7.12. The lowest BCUT2D eigenvalue weighted by molar-refractivity contribution is -0.274. The van der Waals surface area contributed by atoms with E-state index in [0.29, 0.717) is 10.2 Å². The molecule has 28 heavy (non-hydrogen) atoms. The minimum absolute atomic E-state index is 0.108. The van der Waals surface area contributed by atoms with Crippen molar-refractivity contribution in [2.75, 3.05) is 32.0 Å². The molecular weight excluding hydrogens is 403 g/mol. The van der Waals surface area contributed by atoms with Crippen LogP contribution in [0.2, 0.25) is 0 Å². The van der Waals surface area contributed by atoms with Gasteiger partial charge < -0.3 is 26.2 Å². The van der Waals surface area contributed by atoms with Crippen LogP contribution < -0.4 is 21.1 Å². The molecule has 1 heterocycles. The molecule has 2 aromatic rings. The van der Waals surface area contributed by atoms with Gasteiger partial charge >= 0.3 is 6.36 Å². The van der Waals surface area contributed by atoms with Crippen molar-refractivity contribution in [1.82, 2.24) is 15.2 Å². The normalized spacial score (nSPS) is 12.8. The number of nitrogens with zero attached hydrogens (tertiary/aromatic N) is 2. The molecule has 2 rings (SSSR count). The number of amides is 2. The molecule has 154 valence electrons. The molecule has 0 aliphatic carbocycles. The SMILES string of the molecule is CN(CC(=O)Nc1nc2ccc(OC(F)(F)F)cc2s1)C(O)CNC(=O)CN. The number of fused-ring (bicyclic) bond motifs is 1. The van der Waals surface area contributed by atoms with Gasteiger partial charge in [0, 0.05) is 6.07 Å². The Morgan fingerprint density at radius 1 is 1.39 bits per heavy atom. The van der Waals surface area contributed by atoms with Crippen LogP contribution in [0.3, 0.4) is 0 Å². The molecule has 5 N–H and O–H groups in total. The first kappa shape index (κ1) is 21.8. The molecule has 0 radical (unpaired) electrons. The van der Waals surface area contributed by atoms with Crippen LogP contribution in [0.1, 0.15) is 0 Å². The molecule has 0 aliphatic heterocycles. The second-order valence-corrected chi connectivity index (χ2v) is 6.68. The van der Waals surface area contributed by atoms with Crippen molar-refractivity contribution < 1.29 is 32.6 Å². The summed E-state index contributed by atoms with van der Waals surface area (Å²) in [6.07, 6.45) is -5.91. The van der Waals surface area contributed by atoms with E-state index in [9.17, 15) is 27.9 Å². The molecule has 9 nitrogen and oxygen atoms in total. The van der Waals surface area contributed by atoms with Gasteiger partial charge in [-0.25, -0.2) is 4.98 Å². The Bertz CT molecular complexity index is 845. The van der Waals surface area contributed by atoms with Gasteiger partial charge in [0.1, 0.15) is 12.0 Å². The predicted molar refractivity (Wildman–Crippen MR) is 95.6 cm³/mol. The lowest BCUT2D eigenvalue weighted by Gasteiger charge is -2.22. The van der Waals surface area contributed by atoms with Crippen LogP contribution >= 0.6 is 11.3 Å². The predicted octanol–water partition coefficient (Wildman–Crippen LogP) is 0.458. The highest BCUT2D eigenvalue weighted by molar-refractivity contribution is 7.22. The molecule has 2 amide bonds. The summed E-state index contributed by atoms with van der Waals surface area (Å²) in [6, 6.07) is 3.64. The topological polar surface area (TPSA) is 130 Å². The summed E-state index contributed by atoms with van der Waals surface area (Å²) >= 11 is 0.976. The molecule has 0 fully saturated rings. The number of hydrogen-bond acceptors (Lipinski definition) is 8. The summed E-state index contributed by atoms with van der Waals surface area (Å²) in [5.74, 6) is -1.33. The largest absolute Gasteiger partial charge is 0.573 e. The Balaban J connectivity index is 1.94. The maximum Gasteiger partial charge on any atom is 0.573 e. The number of ether oxygens (including phenoxy) is 1. The number of aliphatic hydroxyl groups is 1. The van der Waals surface area contributed by atoms with Crippen LogP contribution in [0.5, 0.6) is 5.75 Å². The van der Waals surface area contributed by atoms with Crippen molar-refractivity contribution in [1.29, 1.82) is 0 Å². The smallest absolute Gasteiger partial charge is 0.406 e. The highest BCUT2D eigenvalue weighted by atomic mass is 32.1. The maximum absolute atomic E-state index is 12.3. The molecule has 1 unspecified atom stereocenters. The lowest BCUT2D eigenvalue weighted by Crippen LogP contribution is -2.45. The van der Waals surface area contributed by atoms with E-state index in [1.165, 1.54) is 24.1 Å². The fraction of sp³-hybridized carbons (Fsp3) is 0.400. The van der Waals surface area contributed by atoms with E-state index in [-0.39, 0.29) is 30.5 Å². The molecule has 1 aromatic carbocycles. The minimum atomic E-state index is -4.80. The molecular formula is C15H18F3N5O4S. The third-order valence-electron chi connectivity index (χ3n) is 3.41. The average molecular weight is 421 g/mol. The Morgan fingerprint density at radius 3 is 2.75 bits per heavy atom.